The Morgan fingerprint density at radius 1 is 1.64 bits per heavy atom. The summed E-state index contributed by atoms with van der Waals surface area (Å²) < 4.78 is 1.64. The summed E-state index contributed by atoms with van der Waals surface area (Å²) >= 11 is 0. The van der Waals surface area contributed by atoms with Crippen molar-refractivity contribution in [3.05, 3.63) is 0 Å². The number of aromatic nitrogens is 4. The average molecular weight is 155 g/mol. The molecule has 0 radical (unpaired) electrons. The van der Waals surface area contributed by atoms with Gasteiger partial charge in [0.1, 0.15) is 0 Å². The highest BCUT2D eigenvalue weighted by molar-refractivity contribution is 5.10. The molecule has 0 aliphatic heterocycles. The second kappa shape index (κ2) is 3.32. The zero-order valence-corrected chi connectivity index (χ0v) is 6.86. The minimum atomic E-state index is 0.301. The lowest BCUT2D eigenvalue weighted by molar-refractivity contribution is 0.449. The van der Waals surface area contributed by atoms with Gasteiger partial charge in [0.2, 0.25) is 5.95 Å². The van der Waals surface area contributed by atoms with Crippen LogP contribution < -0.4 is 5.73 Å². The molecule has 0 aliphatic rings. The van der Waals surface area contributed by atoms with E-state index in [1.54, 1.807) is 4.68 Å². The molecule has 1 unspecified atom stereocenters. The van der Waals surface area contributed by atoms with E-state index in [-0.39, 0.29) is 0 Å². The number of tetrazole rings is 1. The van der Waals surface area contributed by atoms with Crippen molar-refractivity contribution in [2.24, 2.45) is 0 Å². The minimum Gasteiger partial charge on any atom is -0.367 e. The molecule has 62 valence electrons. The van der Waals surface area contributed by atoms with Gasteiger partial charge in [0.05, 0.1) is 6.04 Å². The van der Waals surface area contributed by atoms with E-state index in [2.05, 4.69) is 29.4 Å². The first kappa shape index (κ1) is 7.97. The van der Waals surface area contributed by atoms with Crippen LogP contribution >= 0.6 is 0 Å². The molecule has 2 N–H and O–H groups in total. The summed E-state index contributed by atoms with van der Waals surface area (Å²) in [5.74, 6) is 0.394. The van der Waals surface area contributed by atoms with Gasteiger partial charge in [-0.25, -0.2) is 4.68 Å². The Morgan fingerprint density at radius 3 is 2.82 bits per heavy atom. The van der Waals surface area contributed by atoms with Crippen LogP contribution in [0.15, 0.2) is 0 Å². The molecule has 1 aromatic heterocycles. The van der Waals surface area contributed by atoms with Gasteiger partial charge in [-0.1, -0.05) is 18.4 Å². The lowest BCUT2D eigenvalue weighted by Gasteiger charge is -2.08. The van der Waals surface area contributed by atoms with Gasteiger partial charge in [0, 0.05) is 0 Å². The number of nitrogens with two attached hydrogens (primary N) is 1. The number of anilines is 1. The van der Waals surface area contributed by atoms with Crippen molar-refractivity contribution in [2.45, 2.75) is 32.7 Å². The van der Waals surface area contributed by atoms with Gasteiger partial charge >= 0.3 is 0 Å². The fourth-order valence-corrected chi connectivity index (χ4v) is 1.05. The van der Waals surface area contributed by atoms with Gasteiger partial charge in [-0.2, -0.15) is 0 Å². The molecular weight excluding hydrogens is 142 g/mol. The molecule has 0 bridgehead atoms. The van der Waals surface area contributed by atoms with Crippen LogP contribution in [0.25, 0.3) is 0 Å². The predicted molar refractivity (Wildman–Crippen MR) is 41.8 cm³/mol. The van der Waals surface area contributed by atoms with Crippen molar-refractivity contribution in [3.63, 3.8) is 0 Å². The zero-order chi connectivity index (χ0) is 8.27. The first-order valence-electron chi connectivity index (χ1n) is 3.79. The first-order valence-corrected chi connectivity index (χ1v) is 3.79. The summed E-state index contributed by atoms with van der Waals surface area (Å²) in [5.41, 5.74) is 5.50. The lowest BCUT2D eigenvalue weighted by Crippen LogP contribution is -2.10. The Hall–Kier alpha value is -1.13. The molecule has 5 nitrogen and oxygen atoms in total. The van der Waals surface area contributed by atoms with Crippen LogP contribution in [0.4, 0.5) is 5.95 Å². The van der Waals surface area contributed by atoms with Crippen LogP contribution in [-0.4, -0.2) is 20.2 Å². The number of rotatable bonds is 3. The summed E-state index contributed by atoms with van der Waals surface area (Å²) in [7, 11) is 0. The van der Waals surface area contributed by atoms with E-state index in [9.17, 15) is 0 Å². The third-order valence-corrected chi connectivity index (χ3v) is 1.64. The SMILES string of the molecule is CCCC(C)n1nnnc1N. The van der Waals surface area contributed by atoms with Gasteiger partial charge in [-0.15, -0.1) is 0 Å². The van der Waals surface area contributed by atoms with Crippen LogP contribution in [-0.2, 0) is 0 Å². The second-order valence-electron chi connectivity index (χ2n) is 2.62. The Labute approximate surface area is 65.6 Å². The van der Waals surface area contributed by atoms with Gasteiger partial charge < -0.3 is 5.73 Å². The maximum Gasteiger partial charge on any atom is 0.240 e. The van der Waals surface area contributed by atoms with Crippen molar-refractivity contribution < 1.29 is 0 Å². The second-order valence-corrected chi connectivity index (χ2v) is 2.62. The molecule has 1 rings (SSSR count). The zero-order valence-electron chi connectivity index (χ0n) is 6.86. The lowest BCUT2D eigenvalue weighted by atomic mass is 10.2. The van der Waals surface area contributed by atoms with E-state index in [0.29, 0.717) is 12.0 Å². The van der Waals surface area contributed by atoms with Crippen molar-refractivity contribution >= 4 is 5.95 Å². The van der Waals surface area contributed by atoms with Gasteiger partial charge in [0.25, 0.3) is 0 Å². The van der Waals surface area contributed by atoms with Crippen molar-refractivity contribution in [1.82, 2.24) is 20.2 Å². The highest BCUT2D eigenvalue weighted by atomic mass is 15.6. The summed E-state index contributed by atoms with van der Waals surface area (Å²) in [5, 5.41) is 10.8. The van der Waals surface area contributed by atoms with E-state index in [4.69, 9.17) is 5.73 Å². The molecule has 0 saturated carbocycles. The molecule has 0 spiro atoms. The molecule has 0 aromatic carbocycles. The first-order chi connectivity index (χ1) is 5.25. The van der Waals surface area contributed by atoms with E-state index >= 15 is 0 Å². The van der Waals surface area contributed by atoms with Crippen molar-refractivity contribution in [3.8, 4) is 0 Å². The molecule has 0 fully saturated rings. The fourth-order valence-electron chi connectivity index (χ4n) is 1.05. The Balaban J connectivity index is 2.67. The maximum absolute atomic E-state index is 5.50. The van der Waals surface area contributed by atoms with Crippen molar-refractivity contribution in [1.29, 1.82) is 0 Å². The average Bonchev–Trinajstić information content (AvgIpc) is 2.36. The van der Waals surface area contributed by atoms with Crippen LogP contribution in [0.5, 0.6) is 0 Å². The molecule has 5 heteroatoms. The van der Waals surface area contributed by atoms with E-state index < -0.39 is 0 Å². The number of nitrogens with zero attached hydrogens (tertiary/aromatic N) is 4. The largest absolute Gasteiger partial charge is 0.367 e. The van der Waals surface area contributed by atoms with Crippen LogP contribution in [0, 0.1) is 0 Å². The Morgan fingerprint density at radius 2 is 2.36 bits per heavy atom. The van der Waals surface area contributed by atoms with E-state index in [1.807, 2.05) is 0 Å². The normalized spacial score (nSPS) is 13.3. The van der Waals surface area contributed by atoms with Crippen LogP contribution in [0.2, 0.25) is 0 Å². The molecule has 0 saturated heterocycles. The standard InChI is InChI=1S/C6H13N5/c1-3-4-5(2)11-6(7)8-9-10-11/h5H,3-4H2,1-2H3,(H2,7,8,10). The predicted octanol–water partition coefficient (Wildman–Crippen LogP) is 0.616. The Kier molecular flexibility index (Phi) is 2.40. The summed E-state index contributed by atoms with van der Waals surface area (Å²) in [6.45, 7) is 4.17. The molecular formula is C6H13N5. The third kappa shape index (κ3) is 1.66. The topological polar surface area (TPSA) is 69.6 Å². The highest BCUT2D eigenvalue weighted by Crippen LogP contribution is 2.12. The summed E-state index contributed by atoms with van der Waals surface area (Å²) in [6.07, 6.45) is 2.16. The monoisotopic (exact) mass is 155 g/mol. The summed E-state index contributed by atoms with van der Waals surface area (Å²) in [6, 6.07) is 0.301. The smallest absolute Gasteiger partial charge is 0.240 e. The quantitative estimate of drug-likeness (QED) is 0.694. The molecule has 1 atom stereocenters. The Bertz CT molecular complexity index is 219. The number of hydrogen-bond acceptors (Lipinski definition) is 4. The molecule has 1 aromatic rings. The van der Waals surface area contributed by atoms with Crippen LogP contribution in [0.3, 0.4) is 0 Å². The molecule has 0 amide bonds. The minimum absolute atomic E-state index is 0.301. The molecule has 1 heterocycles. The van der Waals surface area contributed by atoms with E-state index in [0.717, 1.165) is 12.8 Å². The van der Waals surface area contributed by atoms with Gasteiger partial charge in [0.15, 0.2) is 0 Å². The van der Waals surface area contributed by atoms with Crippen LogP contribution in [0.1, 0.15) is 32.7 Å². The third-order valence-electron chi connectivity index (χ3n) is 1.64. The number of hydrogen-bond donors (Lipinski definition) is 1. The maximum atomic E-state index is 5.50. The molecule has 11 heavy (non-hydrogen) atoms. The summed E-state index contributed by atoms with van der Waals surface area (Å²) in [4.78, 5) is 0. The number of nitrogen functional groups attached to an aromatic ring is 1. The fraction of sp³-hybridized carbons (Fsp3) is 0.833. The van der Waals surface area contributed by atoms with Gasteiger partial charge in [-0.05, 0) is 23.8 Å². The van der Waals surface area contributed by atoms with Crippen molar-refractivity contribution in [2.75, 3.05) is 5.73 Å². The van der Waals surface area contributed by atoms with Gasteiger partial charge in [-0.3, -0.25) is 0 Å². The molecule has 0 aliphatic carbocycles. The van der Waals surface area contributed by atoms with E-state index in [1.165, 1.54) is 0 Å². The highest BCUT2D eigenvalue weighted by Gasteiger charge is 2.07.